The van der Waals surface area contributed by atoms with Gasteiger partial charge in [-0.3, -0.25) is 10.2 Å². The van der Waals surface area contributed by atoms with Crippen molar-refractivity contribution in [1.82, 2.24) is 9.88 Å². The molecule has 0 saturated carbocycles. The number of ether oxygens (including phenoxy) is 2. The minimum absolute atomic E-state index is 0.0442. The zero-order valence-electron chi connectivity index (χ0n) is 27.2. The summed E-state index contributed by atoms with van der Waals surface area (Å²) in [7, 11) is 0. The van der Waals surface area contributed by atoms with Crippen molar-refractivity contribution in [1.29, 1.82) is 0 Å². The van der Waals surface area contributed by atoms with Gasteiger partial charge < -0.3 is 19.5 Å². The van der Waals surface area contributed by atoms with Crippen LogP contribution in [-0.2, 0) is 4.74 Å². The number of rotatable bonds is 8. The number of carboxylic acids is 1. The van der Waals surface area contributed by atoms with Crippen LogP contribution < -0.4 is 15.0 Å². The standard InChI is InChI=1S/C36H43ClN4O5/c1-35(2,3)46-34(44)39-32-21-28(13-15-38-32)45-31-20-27(10-11-29(31)33(42)43)41-18-16-40(17-19-41)23-25-12-14-36(4,5)22-30(25)24-6-8-26(37)9-7-24/h6-11,13,15,20-21H,12,14,16-19,22-23H2,1-5H3,(H,42,43)(H,38,39,44). The van der Waals surface area contributed by atoms with Crippen LogP contribution in [0, 0.1) is 5.41 Å². The van der Waals surface area contributed by atoms with Crippen molar-refractivity contribution < 1.29 is 24.2 Å². The molecule has 1 aromatic heterocycles. The molecule has 1 amide bonds. The SMILES string of the molecule is CC1(C)CCC(CN2CCN(c3ccc(C(=O)O)c(Oc4ccnc(NC(=O)OC(C)(C)C)c4)c3)CC2)=C(c2ccc(Cl)cc2)C1. The molecule has 46 heavy (non-hydrogen) atoms. The molecule has 244 valence electrons. The van der Waals surface area contributed by atoms with E-state index in [4.69, 9.17) is 21.1 Å². The molecule has 1 aliphatic heterocycles. The molecule has 3 aromatic rings. The fraction of sp³-hybridized carbons (Fsp3) is 0.417. The number of anilines is 2. The molecule has 0 unspecified atom stereocenters. The fourth-order valence-corrected chi connectivity index (χ4v) is 6.07. The maximum atomic E-state index is 12.2. The highest BCUT2D eigenvalue weighted by Gasteiger charge is 2.29. The third-order valence-electron chi connectivity index (χ3n) is 8.31. The Morgan fingerprint density at radius 2 is 1.74 bits per heavy atom. The smallest absolute Gasteiger partial charge is 0.413 e. The predicted molar refractivity (Wildman–Crippen MR) is 182 cm³/mol. The molecular weight excluding hydrogens is 604 g/mol. The van der Waals surface area contributed by atoms with Crippen LogP contribution in [0.4, 0.5) is 16.3 Å². The average molecular weight is 647 g/mol. The van der Waals surface area contributed by atoms with Gasteiger partial charge in [-0.15, -0.1) is 0 Å². The molecule has 1 aliphatic carbocycles. The van der Waals surface area contributed by atoms with Crippen LogP contribution in [0.1, 0.15) is 69.8 Å². The minimum Gasteiger partial charge on any atom is -0.478 e. The van der Waals surface area contributed by atoms with Crippen molar-refractivity contribution in [3.8, 4) is 11.5 Å². The predicted octanol–water partition coefficient (Wildman–Crippen LogP) is 8.36. The second kappa shape index (κ2) is 13.7. The molecule has 2 heterocycles. The number of aromatic nitrogens is 1. The first-order chi connectivity index (χ1) is 21.7. The summed E-state index contributed by atoms with van der Waals surface area (Å²) in [5.41, 5.74) is 4.76. The fourth-order valence-electron chi connectivity index (χ4n) is 5.94. The molecule has 2 aromatic carbocycles. The van der Waals surface area contributed by atoms with Gasteiger partial charge >= 0.3 is 12.1 Å². The Morgan fingerprint density at radius 3 is 2.41 bits per heavy atom. The first kappa shape index (κ1) is 33.3. The van der Waals surface area contributed by atoms with Gasteiger partial charge in [0, 0.05) is 61.8 Å². The highest BCUT2D eigenvalue weighted by atomic mass is 35.5. The molecule has 0 spiro atoms. The second-order valence-corrected chi connectivity index (χ2v) is 14.2. The van der Waals surface area contributed by atoms with E-state index in [1.54, 1.807) is 39.0 Å². The molecule has 1 saturated heterocycles. The number of carboxylic acid groups (broad SMARTS) is 1. The van der Waals surface area contributed by atoms with E-state index in [0.717, 1.165) is 56.3 Å². The van der Waals surface area contributed by atoms with Crippen LogP contribution in [0.5, 0.6) is 11.5 Å². The molecule has 2 aliphatic rings. The lowest BCUT2D eigenvalue weighted by molar-refractivity contribution is 0.0633. The van der Waals surface area contributed by atoms with E-state index in [1.165, 1.54) is 35.4 Å². The van der Waals surface area contributed by atoms with Gasteiger partial charge in [-0.05, 0) is 86.9 Å². The summed E-state index contributed by atoms with van der Waals surface area (Å²) in [5, 5.41) is 13.2. The molecule has 0 atom stereocenters. The second-order valence-electron chi connectivity index (χ2n) is 13.8. The Kier molecular flexibility index (Phi) is 9.93. The van der Waals surface area contributed by atoms with E-state index in [9.17, 15) is 14.7 Å². The number of carbonyl (C=O) groups excluding carboxylic acids is 1. The molecule has 0 radical (unpaired) electrons. The van der Waals surface area contributed by atoms with Crippen LogP contribution in [-0.4, -0.2) is 65.4 Å². The average Bonchev–Trinajstić information content (AvgIpc) is 2.98. The summed E-state index contributed by atoms with van der Waals surface area (Å²) in [5.74, 6) is -0.310. The first-order valence-electron chi connectivity index (χ1n) is 15.7. The largest absolute Gasteiger partial charge is 0.478 e. The van der Waals surface area contributed by atoms with E-state index in [0.29, 0.717) is 5.75 Å². The van der Waals surface area contributed by atoms with E-state index < -0.39 is 17.7 Å². The molecule has 10 heteroatoms. The summed E-state index contributed by atoms with van der Waals surface area (Å²) in [6, 6.07) is 16.5. The van der Waals surface area contributed by atoms with Gasteiger partial charge in [-0.2, -0.15) is 0 Å². The summed E-state index contributed by atoms with van der Waals surface area (Å²) >= 11 is 6.19. The number of benzene rings is 2. The number of hydrogen-bond donors (Lipinski definition) is 2. The zero-order valence-corrected chi connectivity index (χ0v) is 28.0. The third kappa shape index (κ3) is 8.79. The lowest BCUT2D eigenvalue weighted by Crippen LogP contribution is -2.47. The maximum absolute atomic E-state index is 12.2. The Hall–Kier alpha value is -4.08. The van der Waals surface area contributed by atoms with Gasteiger partial charge in [0.05, 0.1) is 0 Å². The number of amides is 1. The number of allylic oxidation sites excluding steroid dienone is 1. The zero-order chi connectivity index (χ0) is 33.1. The quantitative estimate of drug-likeness (QED) is 0.252. The minimum atomic E-state index is -1.09. The van der Waals surface area contributed by atoms with E-state index >= 15 is 0 Å². The number of nitrogens with one attached hydrogen (secondary N) is 1. The van der Waals surface area contributed by atoms with Gasteiger partial charge in [0.1, 0.15) is 28.5 Å². The normalized spacial score (nSPS) is 17.0. The highest BCUT2D eigenvalue weighted by Crippen LogP contribution is 2.43. The van der Waals surface area contributed by atoms with E-state index in [-0.39, 0.29) is 22.5 Å². The molecule has 2 N–H and O–H groups in total. The van der Waals surface area contributed by atoms with Crippen LogP contribution in [0.15, 0.2) is 66.4 Å². The van der Waals surface area contributed by atoms with Gasteiger partial charge in [0.2, 0.25) is 0 Å². The van der Waals surface area contributed by atoms with Crippen molar-refractivity contribution in [2.24, 2.45) is 5.41 Å². The Morgan fingerprint density at radius 1 is 1.02 bits per heavy atom. The van der Waals surface area contributed by atoms with Gasteiger partial charge in [0.25, 0.3) is 0 Å². The summed E-state index contributed by atoms with van der Waals surface area (Å²) in [6.07, 6.45) is 4.15. The molecule has 9 nitrogen and oxygen atoms in total. The monoisotopic (exact) mass is 646 g/mol. The van der Waals surface area contributed by atoms with Crippen LogP contribution >= 0.6 is 11.6 Å². The third-order valence-corrected chi connectivity index (χ3v) is 8.57. The summed E-state index contributed by atoms with van der Waals surface area (Å²) in [4.78, 5) is 33.2. The topological polar surface area (TPSA) is 104 Å². The van der Waals surface area contributed by atoms with Crippen LogP contribution in [0.2, 0.25) is 5.02 Å². The number of pyridine rings is 1. The lowest BCUT2D eigenvalue weighted by atomic mass is 9.72. The maximum Gasteiger partial charge on any atom is 0.413 e. The Balaban J connectivity index is 1.27. The van der Waals surface area contributed by atoms with Crippen molar-refractivity contribution in [2.45, 2.75) is 59.5 Å². The molecule has 1 fully saturated rings. The highest BCUT2D eigenvalue weighted by molar-refractivity contribution is 6.30. The van der Waals surface area contributed by atoms with E-state index in [2.05, 4.69) is 46.1 Å². The number of nitrogens with zero attached hydrogens (tertiary/aromatic N) is 3. The van der Waals surface area contributed by atoms with Crippen LogP contribution in [0.25, 0.3) is 5.57 Å². The number of hydrogen-bond acceptors (Lipinski definition) is 7. The van der Waals surface area contributed by atoms with Crippen molar-refractivity contribution in [3.63, 3.8) is 0 Å². The lowest BCUT2D eigenvalue weighted by Gasteiger charge is -2.39. The van der Waals surface area contributed by atoms with Crippen molar-refractivity contribution in [2.75, 3.05) is 42.9 Å². The Bertz CT molecular complexity index is 1610. The molecular formula is C36H43ClN4O5. The summed E-state index contributed by atoms with van der Waals surface area (Å²) in [6.45, 7) is 14.3. The number of aromatic carboxylic acids is 1. The van der Waals surface area contributed by atoms with Crippen LogP contribution in [0.3, 0.4) is 0 Å². The molecule has 0 bridgehead atoms. The molecule has 5 rings (SSSR count). The number of piperazine rings is 1. The van der Waals surface area contributed by atoms with Gasteiger partial charge in [0.15, 0.2) is 0 Å². The first-order valence-corrected chi connectivity index (χ1v) is 16.1. The van der Waals surface area contributed by atoms with Gasteiger partial charge in [-0.25, -0.2) is 14.6 Å². The number of halogens is 1. The van der Waals surface area contributed by atoms with E-state index in [1.807, 2.05) is 18.2 Å². The van der Waals surface area contributed by atoms with Crippen molar-refractivity contribution >= 4 is 40.7 Å². The summed E-state index contributed by atoms with van der Waals surface area (Å²) < 4.78 is 11.4. The number of carbonyl (C=O) groups is 2. The van der Waals surface area contributed by atoms with Crippen molar-refractivity contribution in [3.05, 3.63) is 82.5 Å². The van der Waals surface area contributed by atoms with Gasteiger partial charge in [-0.1, -0.05) is 43.2 Å². The Labute approximate surface area is 276 Å².